The predicted octanol–water partition coefficient (Wildman–Crippen LogP) is 2.11. The number of ether oxygens (including phenoxy) is 1. The minimum atomic E-state index is -0.133. The van der Waals surface area contributed by atoms with Gasteiger partial charge in [-0.2, -0.15) is 0 Å². The van der Waals surface area contributed by atoms with Gasteiger partial charge in [0.15, 0.2) is 0 Å². The number of aliphatic hydroxyl groups excluding tert-OH is 1. The van der Waals surface area contributed by atoms with Gasteiger partial charge in [0.2, 0.25) is 0 Å². The van der Waals surface area contributed by atoms with Gasteiger partial charge in [-0.3, -0.25) is 0 Å². The second-order valence-electron chi connectivity index (χ2n) is 4.67. The predicted molar refractivity (Wildman–Crippen MR) is 49.1 cm³/mol. The van der Waals surface area contributed by atoms with E-state index in [1.165, 1.54) is 0 Å². The van der Waals surface area contributed by atoms with E-state index in [0.29, 0.717) is 0 Å². The third-order valence-electron chi connectivity index (χ3n) is 2.12. The third kappa shape index (κ3) is 3.55. The summed E-state index contributed by atoms with van der Waals surface area (Å²) in [4.78, 5) is 0. The highest BCUT2D eigenvalue weighted by atomic mass is 16.5. The Balaban J connectivity index is 2.32. The molecule has 2 atom stereocenters. The van der Waals surface area contributed by atoms with Crippen LogP contribution in [0.3, 0.4) is 0 Å². The lowest BCUT2D eigenvalue weighted by Gasteiger charge is -2.32. The summed E-state index contributed by atoms with van der Waals surface area (Å²) in [5.41, 5.74) is -0.0677. The van der Waals surface area contributed by atoms with Crippen LogP contribution in [0.15, 0.2) is 0 Å². The molecule has 1 saturated carbocycles. The smallest absolute Gasteiger partial charge is 0.0606 e. The van der Waals surface area contributed by atoms with Crippen molar-refractivity contribution in [1.82, 2.24) is 0 Å². The number of rotatable bonds is 1. The van der Waals surface area contributed by atoms with Gasteiger partial charge < -0.3 is 9.84 Å². The maximum absolute atomic E-state index is 9.40. The molecule has 0 aromatic rings. The van der Waals surface area contributed by atoms with Crippen molar-refractivity contribution in [2.24, 2.45) is 0 Å². The second-order valence-corrected chi connectivity index (χ2v) is 4.67. The number of aliphatic hydroxyl groups is 1. The molecule has 0 bridgehead atoms. The van der Waals surface area contributed by atoms with Crippen molar-refractivity contribution >= 4 is 0 Å². The average Bonchev–Trinajstić information content (AvgIpc) is 1.82. The third-order valence-corrected chi connectivity index (χ3v) is 2.12. The van der Waals surface area contributed by atoms with Crippen LogP contribution in [0.1, 0.15) is 46.5 Å². The molecule has 0 aromatic carbocycles. The van der Waals surface area contributed by atoms with Crippen molar-refractivity contribution in [1.29, 1.82) is 0 Å². The Morgan fingerprint density at radius 1 is 1.25 bits per heavy atom. The van der Waals surface area contributed by atoms with Gasteiger partial charge in [-0.25, -0.2) is 0 Å². The first-order valence-corrected chi connectivity index (χ1v) is 4.83. The van der Waals surface area contributed by atoms with E-state index in [1.807, 2.05) is 0 Å². The van der Waals surface area contributed by atoms with Crippen molar-refractivity contribution in [3.63, 3.8) is 0 Å². The fourth-order valence-corrected chi connectivity index (χ4v) is 1.73. The van der Waals surface area contributed by atoms with E-state index in [1.54, 1.807) is 0 Å². The Morgan fingerprint density at radius 3 is 2.42 bits per heavy atom. The Kier molecular flexibility index (Phi) is 3.13. The van der Waals surface area contributed by atoms with Crippen LogP contribution in [-0.2, 0) is 4.74 Å². The zero-order valence-electron chi connectivity index (χ0n) is 8.34. The van der Waals surface area contributed by atoms with Gasteiger partial charge in [0.25, 0.3) is 0 Å². The van der Waals surface area contributed by atoms with E-state index >= 15 is 0 Å². The van der Waals surface area contributed by atoms with Crippen molar-refractivity contribution in [2.75, 3.05) is 0 Å². The molecule has 0 radical (unpaired) electrons. The van der Waals surface area contributed by atoms with Gasteiger partial charge in [0.1, 0.15) is 0 Å². The molecule has 72 valence electrons. The molecule has 0 unspecified atom stereocenters. The minimum absolute atomic E-state index is 0.0677. The van der Waals surface area contributed by atoms with E-state index in [2.05, 4.69) is 20.8 Å². The normalized spacial score (nSPS) is 32.0. The molecule has 1 aliphatic carbocycles. The summed E-state index contributed by atoms with van der Waals surface area (Å²) < 4.78 is 5.79. The van der Waals surface area contributed by atoms with Gasteiger partial charge in [0.05, 0.1) is 17.8 Å². The summed E-state index contributed by atoms with van der Waals surface area (Å²) in [6.07, 6.45) is 4.11. The highest BCUT2D eigenvalue weighted by molar-refractivity contribution is 4.75. The quantitative estimate of drug-likeness (QED) is 0.656. The fourth-order valence-electron chi connectivity index (χ4n) is 1.73. The number of hydrogen-bond donors (Lipinski definition) is 1. The zero-order valence-corrected chi connectivity index (χ0v) is 8.34. The summed E-state index contributed by atoms with van der Waals surface area (Å²) in [6.45, 7) is 6.19. The van der Waals surface area contributed by atoms with Crippen LogP contribution < -0.4 is 0 Å². The second kappa shape index (κ2) is 3.75. The first-order chi connectivity index (χ1) is 5.47. The lowest BCUT2D eigenvalue weighted by Crippen LogP contribution is -2.33. The molecule has 2 heteroatoms. The Bertz CT molecular complexity index is 137. The first kappa shape index (κ1) is 10.0. The van der Waals surface area contributed by atoms with Crippen LogP contribution in [0.5, 0.6) is 0 Å². The van der Waals surface area contributed by atoms with E-state index in [9.17, 15) is 5.11 Å². The van der Waals surface area contributed by atoms with Crippen LogP contribution in [0.25, 0.3) is 0 Å². The van der Waals surface area contributed by atoms with E-state index < -0.39 is 0 Å². The topological polar surface area (TPSA) is 29.5 Å². The largest absolute Gasteiger partial charge is 0.393 e. The van der Waals surface area contributed by atoms with Crippen molar-refractivity contribution in [3.05, 3.63) is 0 Å². The molecule has 0 amide bonds. The maximum atomic E-state index is 9.40. The highest BCUT2D eigenvalue weighted by Crippen LogP contribution is 2.24. The molecule has 0 spiro atoms. The molecule has 1 fully saturated rings. The van der Waals surface area contributed by atoms with Crippen LogP contribution in [-0.4, -0.2) is 22.9 Å². The highest BCUT2D eigenvalue weighted by Gasteiger charge is 2.24. The standard InChI is InChI=1S/C10H20O2/c1-10(2,3)12-9-6-4-5-8(11)7-9/h8-9,11H,4-7H2,1-3H3/t8-,9+/m1/s1. The molecule has 1 rings (SSSR count). The Morgan fingerprint density at radius 2 is 1.92 bits per heavy atom. The first-order valence-electron chi connectivity index (χ1n) is 4.83. The van der Waals surface area contributed by atoms with Gasteiger partial charge in [-0.1, -0.05) is 0 Å². The van der Waals surface area contributed by atoms with Gasteiger partial charge in [0, 0.05) is 0 Å². The molecule has 0 heterocycles. The van der Waals surface area contributed by atoms with Crippen LogP contribution >= 0.6 is 0 Å². The monoisotopic (exact) mass is 172 g/mol. The fraction of sp³-hybridized carbons (Fsp3) is 1.00. The molecule has 0 saturated heterocycles. The van der Waals surface area contributed by atoms with E-state index in [-0.39, 0.29) is 17.8 Å². The molecule has 0 aromatic heterocycles. The summed E-state index contributed by atoms with van der Waals surface area (Å²) in [5.74, 6) is 0. The zero-order chi connectivity index (χ0) is 9.19. The summed E-state index contributed by atoms with van der Waals surface area (Å²) >= 11 is 0. The lowest BCUT2D eigenvalue weighted by molar-refractivity contribution is -0.0918. The van der Waals surface area contributed by atoms with Crippen LogP contribution in [0.2, 0.25) is 0 Å². The van der Waals surface area contributed by atoms with Gasteiger partial charge in [-0.15, -0.1) is 0 Å². The summed E-state index contributed by atoms with van der Waals surface area (Å²) in [6, 6.07) is 0. The molecular formula is C10H20O2. The maximum Gasteiger partial charge on any atom is 0.0606 e. The van der Waals surface area contributed by atoms with Crippen molar-refractivity contribution < 1.29 is 9.84 Å². The van der Waals surface area contributed by atoms with Gasteiger partial charge >= 0.3 is 0 Å². The summed E-state index contributed by atoms with van der Waals surface area (Å²) in [7, 11) is 0. The SMILES string of the molecule is CC(C)(C)O[C@H]1CCC[C@@H](O)C1. The van der Waals surface area contributed by atoms with Crippen molar-refractivity contribution in [2.45, 2.75) is 64.3 Å². The lowest BCUT2D eigenvalue weighted by atomic mass is 9.94. The molecule has 12 heavy (non-hydrogen) atoms. The van der Waals surface area contributed by atoms with Crippen molar-refractivity contribution in [3.8, 4) is 0 Å². The Labute approximate surface area is 74.9 Å². The molecule has 0 aliphatic heterocycles. The Hall–Kier alpha value is -0.0800. The molecule has 2 nitrogen and oxygen atoms in total. The van der Waals surface area contributed by atoms with Crippen LogP contribution in [0, 0.1) is 0 Å². The molecule has 1 aliphatic rings. The van der Waals surface area contributed by atoms with Crippen LogP contribution in [0.4, 0.5) is 0 Å². The minimum Gasteiger partial charge on any atom is -0.393 e. The van der Waals surface area contributed by atoms with Gasteiger partial charge in [-0.05, 0) is 46.5 Å². The molecule has 1 N–H and O–H groups in total. The summed E-state index contributed by atoms with van der Waals surface area (Å²) in [5, 5.41) is 9.40. The van der Waals surface area contributed by atoms with E-state index in [4.69, 9.17) is 4.74 Å². The average molecular weight is 172 g/mol. The van der Waals surface area contributed by atoms with E-state index in [0.717, 1.165) is 25.7 Å². The number of hydrogen-bond acceptors (Lipinski definition) is 2. The molecular weight excluding hydrogens is 152 g/mol.